The zero-order valence-corrected chi connectivity index (χ0v) is 11.6. The van der Waals surface area contributed by atoms with Crippen LogP contribution in [0.15, 0.2) is 18.2 Å². The quantitative estimate of drug-likeness (QED) is 0.871. The number of hydrogen-bond acceptors (Lipinski definition) is 3. The molecule has 0 heterocycles. The smallest absolute Gasteiger partial charge is 0.416 e. The second-order valence-electron chi connectivity index (χ2n) is 5.27. The molecular weight excluding hydrogens is 285 g/mol. The average molecular weight is 300 g/mol. The summed E-state index contributed by atoms with van der Waals surface area (Å²) in [5.74, 6) is -0.960. The first kappa shape index (κ1) is 16.8. The first-order chi connectivity index (χ1) is 9.55. The fraction of sp³-hybridized carbons (Fsp3) is 0.429. The third kappa shape index (κ3) is 4.99. The fourth-order valence-electron chi connectivity index (χ4n) is 1.77. The molecule has 0 fully saturated rings. The van der Waals surface area contributed by atoms with E-state index < -0.39 is 23.2 Å². The third-order valence-electron chi connectivity index (χ3n) is 2.90. The number of nitriles is 1. The maximum Gasteiger partial charge on any atom is 0.416 e. The number of carbonyl (C=O) groups is 1. The number of carboxylic acids is 1. The standard InChI is InChI=1S/C14H15F3N2O2/c1-13(2,6-5-12(20)21)19-11-4-3-10(14(15,16)17)7-9(11)8-18/h3-4,7,19H,5-6H2,1-2H3,(H,20,21). The van der Waals surface area contributed by atoms with Gasteiger partial charge in [0.05, 0.1) is 16.8 Å². The molecule has 1 aromatic carbocycles. The number of aliphatic carboxylic acids is 1. The van der Waals surface area contributed by atoms with Gasteiger partial charge in [0.1, 0.15) is 6.07 Å². The Morgan fingerprint density at radius 3 is 2.48 bits per heavy atom. The van der Waals surface area contributed by atoms with Crippen LogP contribution in [0.25, 0.3) is 0 Å². The van der Waals surface area contributed by atoms with Gasteiger partial charge in [0.25, 0.3) is 0 Å². The summed E-state index contributed by atoms with van der Waals surface area (Å²) in [7, 11) is 0. The van der Waals surface area contributed by atoms with Crippen molar-refractivity contribution in [1.82, 2.24) is 0 Å². The normalized spacial score (nSPS) is 11.8. The highest BCUT2D eigenvalue weighted by Crippen LogP contribution is 2.32. The molecule has 0 amide bonds. The molecule has 7 heteroatoms. The van der Waals surface area contributed by atoms with Gasteiger partial charge < -0.3 is 10.4 Å². The molecule has 0 unspecified atom stereocenters. The van der Waals surface area contributed by atoms with Gasteiger partial charge in [-0.2, -0.15) is 18.4 Å². The molecule has 0 aliphatic carbocycles. The molecule has 1 aromatic rings. The lowest BCUT2D eigenvalue weighted by Crippen LogP contribution is -2.32. The van der Waals surface area contributed by atoms with Crippen LogP contribution < -0.4 is 5.32 Å². The highest BCUT2D eigenvalue weighted by molar-refractivity contribution is 5.67. The van der Waals surface area contributed by atoms with E-state index in [0.29, 0.717) is 0 Å². The Bertz CT molecular complexity index is 575. The van der Waals surface area contributed by atoms with Gasteiger partial charge in [-0.3, -0.25) is 4.79 Å². The van der Waals surface area contributed by atoms with Crippen LogP contribution in [0.5, 0.6) is 0 Å². The zero-order chi connectivity index (χ0) is 16.3. The minimum Gasteiger partial charge on any atom is -0.481 e. The summed E-state index contributed by atoms with van der Waals surface area (Å²) in [6.07, 6.45) is -4.32. The van der Waals surface area contributed by atoms with Crippen molar-refractivity contribution >= 4 is 11.7 Å². The molecule has 114 valence electrons. The van der Waals surface area contributed by atoms with E-state index in [1.807, 2.05) is 0 Å². The van der Waals surface area contributed by atoms with Crippen molar-refractivity contribution in [2.75, 3.05) is 5.32 Å². The van der Waals surface area contributed by atoms with Gasteiger partial charge in [0.15, 0.2) is 0 Å². The number of carboxylic acid groups (broad SMARTS) is 1. The predicted molar refractivity (Wildman–Crippen MR) is 70.7 cm³/mol. The molecule has 0 saturated carbocycles. The van der Waals surface area contributed by atoms with Crippen LogP contribution in [0.3, 0.4) is 0 Å². The van der Waals surface area contributed by atoms with E-state index >= 15 is 0 Å². The minimum absolute atomic E-state index is 0.0808. The van der Waals surface area contributed by atoms with Crippen molar-refractivity contribution in [2.24, 2.45) is 0 Å². The highest BCUT2D eigenvalue weighted by Gasteiger charge is 2.31. The van der Waals surface area contributed by atoms with E-state index in [2.05, 4.69) is 5.32 Å². The molecule has 2 N–H and O–H groups in total. The molecule has 0 spiro atoms. The molecule has 21 heavy (non-hydrogen) atoms. The summed E-state index contributed by atoms with van der Waals surface area (Å²) >= 11 is 0. The third-order valence-corrected chi connectivity index (χ3v) is 2.90. The number of nitrogens with one attached hydrogen (secondary N) is 1. The second-order valence-corrected chi connectivity index (χ2v) is 5.27. The van der Waals surface area contributed by atoms with Crippen molar-refractivity contribution in [1.29, 1.82) is 5.26 Å². The van der Waals surface area contributed by atoms with Crippen molar-refractivity contribution in [3.05, 3.63) is 29.3 Å². The van der Waals surface area contributed by atoms with E-state index in [-0.39, 0.29) is 24.1 Å². The van der Waals surface area contributed by atoms with E-state index in [9.17, 15) is 18.0 Å². The van der Waals surface area contributed by atoms with E-state index in [4.69, 9.17) is 10.4 Å². The maximum atomic E-state index is 12.6. The Balaban J connectivity index is 2.99. The molecule has 0 saturated heterocycles. The average Bonchev–Trinajstić information content (AvgIpc) is 2.35. The van der Waals surface area contributed by atoms with Crippen molar-refractivity contribution < 1.29 is 23.1 Å². The predicted octanol–water partition coefficient (Wildman–Crippen LogP) is 3.63. The van der Waals surface area contributed by atoms with Crippen molar-refractivity contribution in [3.63, 3.8) is 0 Å². The lowest BCUT2D eigenvalue weighted by Gasteiger charge is -2.27. The van der Waals surface area contributed by atoms with Gasteiger partial charge in [-0.15, -0.1) is 0 Å². The van der Waals surface area contributed by atoms with Crippen molar-refractivity contribution in [3.8, 4) is 6.07 Å². The molecule has 1 rings (SSSR count). The zero-order valence-electron chi connectivity index (χ0n) is 11.6. The Labute approximate surface area is 120 Å². The van der Waals surface area contributed by atoms with Crippen LogP contribution >= 0.6 is 0 Å². The lowest BCUT2D eigenvalue weighted by molar-refractivity contribution is -0.138. The number of alkyl halides is 3. The van der Waals surface area contributed by atoms with E-state index in [1.54, 1.807) is 19.9 Å². The Hall–Kier alpha value is -2.23. The maximum absolute atomic E-state index is 12.6. The van der Waals surface area contributed by atoms with Crippen LogP contribution in [0.1, 0.15) is 37.8 Å². The Morgan fingerprint density at radius 1 is 1.38 bits per heavy atom. The lowest BCUT2D eigenvalue weighted by atomic mass is 9.97. The number of halogens is 3. The van der Waals surface area contributed by atoms with Crippen LogP contribution in [-0.4, -0.2) is 16.6 Å². The number of hydrogen-bond donors (Lipinski definition) is 2. The van der Waals surface area contributed by atoms with Gasteiger partial charge in [0, 0.05) is 12.0 Å². The first-order valence-electron chi connectivity index (χ1n) is 6.16. The molecule has 0 aromatic heterocycles. The first-order valence-corrected chi connectivity index (χ1v) is 6.16. The van der Waals surface area contributed by atoms with Gasteiger partial charge in [0.2, 0.25) is 0 Å². The molecule has 0 bridgehead atoms. The second kappa shape index (κ2) is 6.04. The molecule has 0 aliphatic rings. The summed E-state index contributed by atoms with van der Waals surface area (Å²) in [6.45, 7) is 3.43. The minimum atomic E-state index is -4.51. The summed E-state index contributed by atoms with van der Waals surface area (Å²) in [5.41, 5.74) is -1.44. The van der Waals surface area contributed by atoms with E-state index in [0.717, 1.165) is 12.1 Å². The topological polar surface area (TPSA) is 73.1 Å². The van der Waals surface area contributed by atoms with Crippen LogP contribution in [0, 0.1) is 11.3 Å². The number of rotatable bonds is 5. The summed E-state index contributed by atoms with van der Waals surface area (Å²) < 4.78 is 37.8. The van der Waals surface area contributed by atoms with Crippen LogP contribution in [0.2, 0.25) is 0 Å². The van der Waals surface area contributed by atoms with Gasteiger partial charge >= 0.3 is 12.1 Å². The highest BCUT2D eigenvalue weighted by atomic mass is 19.4. The van der Waals surface area contributed by atoms with Gasteiger partial charge in [-0.25, -0.2) is 0 Å². The fourth-order valence-corrected chi connectivity index (χ4v) is 1.77. The number of anilines is 1. The van der Waals surface area contributed by atoms with E-state index in [1.165, 1.54) is 6.07 Å². The molecule has 0 aliphatic heterocycles. The van der Waals surface area contributed by atoms with Gasteiger partial charge in [-0.1, -0.05) is 0 Å². The summed E-state index contributed by atoms with van der Waals surface area (Å²) in [5, 5.41) is 20.6. The molecular formula is C14H15F3N2O2. The number of nitrogens with zero attached hydrogens (tertiary/aromatic N) is 1. The largest absolute Gasteiger partial charge is 0.481 e. The Morgan fingerprint density at radius 2 is 2.00 bits per heavy atom. The van der Waals surface area contributed by atoms with Gasteiger partial charge in [-0.05, 0) is 38.5 Å². The molecule has 4 nitrogen and oxygen atoms in total. The van der Waals surface area contributed by atoms with Crippen LogP contribution in [-0.2, 0) is 11.0 Å². The van der Waals surface area contributed by atoms with Crippen LogP contribution in [0.4, 0.5) is 18.9 Å². The number of benzene rings is 1. The summed E-state index contributed by atoms with van der Waals surface area (Å²) in [4.78, 5) is 10.6. The SMILES string of the molecule is CC(C)(CCC(=O)O)Nc1ccc(C(F)(F)F)cc1C#N. The monoisotopic (exact) mass is 300 g/mol. The molecule has 0 radical (unpaired) electrons. The molecule has 0 atom stereocenters. The van der Waals surface area contributed by atoms with Crippen molar-refractivity contribution in [2.45, 2.75) is 38.4 Å². The summed E-state index contributed by atoms with van der Waals surface area (Å²) in [6, 6.07) is 4.56. The Kier molecular flexibility index (Phi) is 4.84.